The van der Waals surface area contributed by atoms with Crippen LogP contribution in [-0.4, -0.2) is 17.5 Å². The number of rotatable bonds is 8. The van der Waals surface area contributed by atoms with Crippen LogP contribution < -0.4 is 14.8 Å². The van der Waals surface area contributed by atoms with E-state index in [4.69, 9.17) is 4.74 Å². The van der Waals surface area contributed by atoms with E-state index in [0.717, 1.165) is 5.56 Å². The molecule has 3 aromatic rings. The minimum absolute atomic E-state index is 0.00245. The van der Waals surface area contributed by atoms with Crippen molar-refractivity contribution >= 4 is 17.7 Å². The molecular formula is C22H18F2N2O3. The number of hydrogen-bond acceptors (Lipinski definition) is 4. The number of alkyl halides is 2. The number of nitrogens with zero attached hydrogens (tertiary/aromatic N) is 1. The van der Waals surface area contributed by atoms with Gasteiger partial charge in [0.1, 0.15) is 18.1 Å². The fourth-order valence-corrected chi connectivity index (χ4v) is 2.48. The molecule has 1 aromatic heterocycles. The van der Waals surface area contributed by atoms with Crippen molar-refractivity contribution in [1.29, 1.82) is 0 Å². The van der Waals surface area contributed by atoms with Gasteiger partial charge in [-0.2, -0.15) is 8.78 Å². The third-order valence-corrected chi connectivity index (χ3v) is 3.78. The summed E-state index contributed by atoms with van der Waals surface area (Å²) in [4.78, 5) is 16.2. The maximum atomic E-state index is 12.5. The monoisotopic (exact) mass is 396 g/mol. The molecule has 5 nitrogen and oxygen atoms in total. The van der Waals surface area contributed by atoms with Crippen LogP contribution in [0.1, 0.15) is 11.1 Å². The fourth-order valence-electron chi connectivity index (χ4n) is 2.48. The number of nitrogens with one attached hydrogen (secondary N) is 1. The van der Waals surface area contributed by atoms with Gasteiger partial charge >= 0.3 is 6.61 Å². The lowest BCUT2D eigenvalue weighted by Crippen LogP contribution is -2.08. The summed E-state index contributed by atoms with van der Waals surface area (Å²) >= 11 is 0. The number of benzene rings is 2. The summed E-state index contributed by atoms with van der Waals surface area (Å²) in [6, 6.07) is 16.9. The van der Waals surface area contributed by atoms with Crippen LogP contribution in [0.4, 0.5) is 14.5 Å². The van der Waals surface area contributed by atoms with E-state index in [-0.39, 0.29) is 5.75 Å². The van der Waals surface area contributed by atoms with E-state index in [2.05, 4.69) is 15.0 Å². The summed E-state index contributed by atoms with van der Waals surface area (Å²) in [5, 5.41) is 2.70. The average molecular weight is 396 g/mol. The van der Waals surface area contributed by atoms with Crippen LogP contribution in [0.2, 0.25) is 0 Å². The number of para-hydroxylation sites is 1. The first kappa shape index (κ1) is 20.0. The molecule has 1 heterocycles. The maximum absolute atomic E-state index is 12.5. The lowest BCUT2D eigenvalue weighted by Gasteiger charge is -2.09. The summed E-state index contributed by atoms with van der Waals surface area (Å²) in [6.07, 6.45) is 6.06. The van der Waals surface area contributed by atoms with E-state index in [9.17, 15) is 13.6 Å². The topological polar surface area (TPSA) is 60.5 Å². The second-order valence-corrected chi connectivity index (χ2v) is 5.92. The van der Waals surface area contributed by atoms with Crippen LogP contribution in [0.15, 0.2) is 79.1 Å². The molecule has 0 aliphatic rings. The highest BCUT2D eigenvalue weighted by Gasteiger charge is 2.07. The standard InChI is InChI=1S/C22H18F2N2O3/c23-22(24)29-20-9-2-1-6-17(20)10-11-21(27)26-18-7-3-8-19(13-18)28-15-16-5-4-12-25-14-16/h1-14,22H,15H2,(H,26,27)/b11-10+. The van der Waals surface area contributed by atoms with Gasteiger partial charge in [0.2, 0.25) is 5.91 Å². The summed E-state index contributed by atoms with van der Waals surface area (Å²) in [7, 11) is 0. The average Bonchev–Trinajstić information content (AvgIpc) is 2.72. The van der Waals surface area contributed by atoms with E-state index in [0.29, 0.717) is 23.6 Å². The van der Waals surface area contributed by atoms with Crippen molar-refractivity contribution in [3.63, 3.8) is 0 Å². The van der Waals surface area contributed by atoms with E-state index in [1.54, 1.807) is 54.9 Å². The Morgan fingerprint density at radius 3 is 2.76 bits per heavy atom. The predicted octanol–water partition coefficient (Wildman–Crippen LogP) is 4.91. The molecule has 0 atom stereocenters. The number of carbonyl (C=O) groups excluding carboxylic acids is 1. The Kier molecular flexibility index (Phi) is 6.89. The molecule has 1 N–H and O–H groups in total. The van der Waals surface area contributed by atoms with Gasteiger partial charge in [-0.25, -0.2) is 0 Å². The lowest BCUT2D eigenvalue weighted by molar-refractivity contribution is -0.111. The minimum atomic E-state index is -2.94. The smallest absolute Gasteiger partial charge is 0.387 e. The number of aromatic nitrogens is 1. The molecule has 0 saturated heterocycles. The zero-order valence-corrected chi connectivity index (χ0v) is 15.3. The first-order chi connectivity index (χ1) is 14.1. The van der Waals surface area contributed by atoms with Gasteiger partial charge < -0.3 is 14.8 Å². The molecule has 148 valence electrons. The Balaban J connectivity index is 1.60. The summed E-state index contributed by atoms with van der Waals surface area (Å²) in [5.41, 5.74) is 1.84. The Morgan fingerprint density at radius 1 is 1.10 bits per heavy atom. The van der Waals surface area contributed by atoms with Crippen LogP contribution in [-0.2, 0) is 11.4 Å². The van der Waals surface area contributed by atoms with E-state index >= 15 is 0 Å². The van der Waals surface area contributed by atoms with Crippen LogP contribution >= 0.6 is 0 Å². The fraction of sp³-hybridized carbons (Fsp3) is 0.0909. The molecule has 29 heavy (non-hydrogen) atoms. The molecule has 2 aromatic carbocycles. The molecule has 3 rings (SSSR count). The lowest BCUT2D eigenvalue weighted by atomic mass is 10.2. The van der Waals surface area contributed by atoms with Crippen LogP contribution in [0.25, 0.3) is 6.08 Å². The van der Waals surface area contributed by atoms with Gasteiger partial charge in [-0.15, -0.1) is 0 Å². The molecule has 1 amide bonds. The molecule has 0 radical (unpaired) electrons. The Hall–Kier alpha value is -3.74. The highest BCUT2D eigenvalue weighted by Crippen LogP contribution is 2.22. The van der Waals surface area contributed by atoms with Gasteiger partial charge in [0, 0.05) is 41.4 Å². The molecular weight excluding hydrogens is 378 g/mol. The van der Waals surface area contributed by atoms with Crippen LogP contribution in [0.3, 0.4) is 0 Å². The number of hydrogen-bond donors (Lipinski definition) is 1. The zero-order valence-electron chi connectivity index (χ0n) is 15.3. The molecule has 0 unspecified atom stereocenters. The van der Waals surface area contributed by atoms with E-state index in [1.165, 1.54) is 18.2 Å². The SMILES string of the molecule is O=C(/C=C/c1ccccc1OC(F)F)Nc1cccc(OCc2cccnc2)c1. The Morgan fingerprint density at radius 2 is 1.97 bits per heavy atom. The van der Waals surface area contributed by atoms with E-state index < -0.39 is 12.5 Å². The normalized spacial score (nSPS) is 10.9. The third kappa shape index (κ3) is 6.42. The molecule has 0 aliphatic carbocycles. The summed E-state index contributed by atoms with van der Waals surface area (Å²) < 4.78 is 35.0. The zero-order chi connectivity index (χ0) is 20.5. The second kappa shape index (κ2) is 9.98. The van der Waals surface area contributed by atoms with E-state index in [1.807, 2.05) is 12.1 Å². The van der Waals surface area contributed by atoms with Gasteiger partial charge in [-0.3, -0.25) is 9.78 Å². The molecule has 0 bridgehead atoms. The Bertz CT molecular complexity index is 979. The Labute approximate surface area is 166 Å². The molecule has 0 spiro atoms. The van der Waals surface area contributed by atoms with Crippen molar-refractivity contribution in [1.82, 2.24) is 4.98 Å². The highest BCUT2D eigenvalue weighted by molar-refractivity contribution is 6.02. The van der Waals surface area contributed by atoms with Crippen molar-refractivity contribution in [2.45, 2.75) is 13.2 Å². The number of carbonyl (C=O) groups is 1. The summed E-state index contributed by atoms with van der Waals surface area (Å²) in [6.45, 7) is -2.58. The van der Waals surface area contributed by atoms with Gasteiger partial charge in [-0.1, -0.05) is 30.3 Å². The predicted molar refractivity (Wildman–Crippen MR) is 106 cm³/mol. The van der Waals surface area contributed by atoms with Crippen LogP contribution in [0.5, 0.6) is 11.5 Å². The van der Waals surface area contributed by atoms with Gasteiger partial charge in [-0.05, 0) is 30.3 Å². The maximum Gasteiger partial charge on any atom is 0.387 e. The third-order valence-electron chi connectivity index (χ3n) is 3.78. The number of anilines is 1. The molecule has 0 aliphatic heterocycles. The van der Waals surface area contributed by atoms with Gasteiger partial charge in [0.25, 0.3) is 0 Å². The first-order valence-electron chi connectivity index (χ1n) is 8.75. The highest BCUT2D eigenvalue weighted by atomic mass is 19.3. The van der Waals surface area contributed by atoms with Crippen molar-refractivity contribution in [3.05, 3.63) is 90.3 Å². The molecule has 7 heteroatoms. The molecule has 0 fully saturated rings. The van der Waals surface area contributed by atoms with Crippen molar-refractivity contribution in [2.75, 3.05) is 5.32 Å². The quantitative estimate of drug-likeness (QED) is 0.550. The minimum Gasteiger partial charge on any atom is -0.489 e. The van der Waals surface area contributed by atoms with Crippen molar-refractivity contribution in [3.8, 4) is 11.5 Å². The summed E-state index contributed by atoms with van der Waals surface area (Å²) in [5.74, 6) is 0.171. The van der Waals surface area contributed by atoms with Crippen molar-refractivity contribution in [2.24, 2.45) is 0 Å². The van der Waals surface area contributed by atoms with Crippen LogP contribution in [0, 0.1) is 0 Å². The first-order valence-corrected chi connectivity index (χ1v) is 8.75. The van der Waals surface area contributed by atoms with Gasteiger partial charge in [0.05, 0.1) is 0 Å². The number of halogens is 2. The van der Waals surface area contributed by atoms with Gasteiger partial charge in [0.15, 0.2) is 0 Å². The van der Waals surface area contributed by atoms with Crippen molar-refractivity contribution < 1.29 is 23.0 Å². The largest absolute Gasteiger partial charge is 0.489 e. The second-order valence-electron chi connectivity index (χ2n) is 5.92. The molecule has 0 saturated carbocycles. The number of amides is 1. The number of pyridine rings is 1. The number of ether oxygens (including phenoxy) is 2.